The first-order valence-electron chi connectivity index (χ1n) is 8.79. The number of thiophene rings is 1. The Labute approximate surface area is 160 Å². The first kappa shape index (κ1) is 20.0. The van der Waals surface area contributed by atoms with Crippen molar-refractivity contribution in [1.82, 2.24) is 10.6 Å². The van der Waals surface area contributed by atoms with Crippen LogP contribution in [-0.2, 0) is 4.79 Å². The fraction of sp³-hybridized carbons (Fsp3) is 0.450. The summed E-state index contributed by atoms with van der Waals surface area (Å²) in [5, 5.41) is 8.70. The second-order valence-electron chi connectivity index (χ2n) is 6.83. The van der Waals surface area contributed by atoms with E-state index in [1.54, 1.807) is 11.3 Å². The topological polar surface area (TPSA) is 41.1 Å². The predicted molar refractivity (Wildman–Crippen MR) is 108 cm³/mol. The normalized spacial score (nSPS) is 18.0. The predicted octanol–water partition coefficient (Wildman–Crippen LogP) is 4.64. The molecule has 2 aromatic rings. The van der Waals surface area contributed by atoms with Crippen LogP contribution in [0.25, 0.3) is 0 Å². The third-order valence-electron chi connectivity index (χ3n) is 4.66. The fourth-order valence-electron chi connectivity index (χ4n) is 3.22. The van der Waals surface area contributed by atoms with Crippen molar-refractivity contribution in [2.75, 3.05) is 6.54 Å². The van der Waals surface area contributed by atoms with Gasteiger partial charge in [-0.3, -0.25) is 4.79 Å². The monoisotopic (exact) mass is 378 g/mol. The summed E-state index contributed by atoms with van der Waals surface area (Å²) in [6, 6.07) is 13.1. The van der Waals surface area contributed by atoms with Gasteiger partial charge in [0, 0.05) is 17.3 Å². The average Bonchev–Trinajstić information content (AvgIpc) is 3.26. The summed E-state index contributed by atoms with van der Waals surface area (Å²) in [5.41, 5.74) is 2.47. The largest absolute Gasteiger partial charge is 0.344 e. The smallest absolute Gasteiger partial charge is 0.222 e. The molecular formula is C20H27ClN2OS. The zero-order valence-corrected chi connectivity index (χ0v) is 16.5. The molecule has 3 rings (SSSR count). The number of rotatable bonds is 6. The van der Waals surface area contributed by atoms with E-state index in [1.807, 2.05) is 6.07 Å². The summed E-state index contributed by atoms with van der Waals surface area (Å²) in [6.45, 7) is 5.42. The van der Waals surface area contributed by atoms with Crippen molar-refractivity contribution in [2.45, 2.75) is 51.1 Å². The number of carbonyl (C=O) groups is 1. The third kappa shape index (κ3) is 5.30. The van der Waals surface area contributed by atoms with Gasteiger partial charge >= 0.3 is 0 Å². The Bertz CT molecular complexity index is 649. The standard InChI is InChI=1S/C20H26N2OS.ClH/c1-14(2)15-7-9-16(10-8-15)20(18-6-4-12-24-18)22-19(23)13-17-5-3-11-21-17;/h4,6-10,12,14,17,20-21H,3,5,11,13H2,1-2H3,(H,22,23);1H. The summed E-state index contributed by atoms with van der Waals surface area (Å²) in [4.78, 5) is 13.7. The maximum absolute atomic E-state index is 12.5. The Morgan fingerprint density at radius 2 is 1.96 bits per heavy atom. The minimum Gasteiger partial charge on any atom is -0.344 e. The van der Waals surface area contributed by atoms with E-state index >= 15 is 0 Å². The maximum atomic E-state index is 12.5. The molecule has 1 aliphatic heterocycles. The van der Waals surface area contributed by atoms with E-state index < -0.39 is 0 Å². The molecule has 0 saturated carbocycles. The van der Waals surface area contributed by atoms with E-state index in [9.17, 15) is 4.79 Å². The molecule has 1 aromatic heterocycles. The van der Waals surface area contributed by atoms with Gasteiger partial charge in [-0.25, -0.2) is 0 Å². The van der Waals surface area contributed by atoms with Crippen molar-refractivity contribution >= 4 is 29.7 Å². The van der Waals surface area contributed by atoms with Gasteiger partial charge in [-0.05, 0) is 47.9 Å². The van der Waals surface area contributed by atoms with E-state index in [2.05, 4.69) is 60.2 Å². The zero-order valence-electron chi connectivity index (χ0n) is 14.8. The number of hydrogen-bond donors (Lipinski definition) is 2. The molecule has 0 bridgehead atoms. The molecule has 1 amide bonds. The Morgan fingerprint density at radius 3 is 2.52 bits per heavy atom. The van der Waals surface area contributed by atoms with E-state index in [1.165, 1.54) is 16.9 Å². The number of benzene rings is 1. The molecule has 136 valence electrons. The molecule has 25 heavy (non-hydrogen) atoms. The minimum absolute atomic E-state index is 0. The summed E-state index contributed by atoms with van der Waals surface area (Å²) in [7, 11) is 0. The Kier molecular flexibility index (Phi) is 7.48. The van der Waals surface area contributed by atoms with Crippen molar-refractivity contribution in [3.63, 3.8) is 0 Å². The molecule has 0 radical (unpaired) electrons. The second kappa shape index (κ2) is 9.37. The van der Waals surface area contributed by atoms with Crippen LogP contribution in [0.4, 0.5) is 0 Å². The number of halogens is 1. The third-order valence-corrected chi connectivity index (χ3v) is 5.60. The Balaban J connectivity index is 0.00000225. The van der Waals surface area contributed by atoms with E-state index in [0.717, 1.165) is 18.5 Å². The molecule has 3 nitrogen and oxygen atoms in total. The molecule has 2 atom stereocenters. The lowest BCUT2D eigenvalue weighted by Crippen LogP contribution is -2.34. The molecule has 1 aliphatic rings. The van der Waals surface area contributed by atoms with Crippen molar-refractivity contribution in [1.29, 1.82) is 0 Å². The van der Waals surface area contributed by atoms with Crippen LogP contribution in [0.15, 0.2) is 41.8 Å². The molecule has 2 N–H and O–H groups in total. The average molecular weight is 379 g/mol. The maximum Gasteiger partial charge on any atom is 0.222 e. The van der Waals surface area contributed by atoms with Gasteiger partial charge in [0.1, 0.15) is 0 Å². The highest BCUT2D eigenvalue weighted by atomic mass is 35.5. The van der Waals surface area contributed by atoms with Gasteiger partial charge < -0.3 is 10.6 Å². The first-order valence-corrected chi connectivity index (χ1v) is 9.67. The van der Waals surface area contributed by atoms with Gasteiger partial charge in [-0.2, -0.15) is 0 Å². The van der Waals surface area contributed by atoms with E-state index in [-0.39, 0.29) is 24.4 Å². The first-order chi connectivity index (χ1) is 11.6. The summed E-state index contributed by atoms with van der Waals surface area (Å²) in [6.07, 6.45) is 2.83. The van der Waals surface area contributed by atoms with Crippen molar-refractivity contribution in [2.24, 2.45) is 0 Å². The summed E-state index contributed by atoms with van der Waals surface area (Å²) < 4.78 is 0. The molecule has 2 unspecified atom stereocenters. The van der Waals surface area contributed by atoms with Crippen molar-refractivity contribution in [3.8, 4) is 0 Å². The molecular weight excluding hydrogens is 352 g/mol. The van der Waals surface area contributed by atoms with Crippen LogP contribution < -0.4 is 10.6 Å². The highest BCUT2D eigenvalue weighted by molar-refractivity contribution is 7.10. The molecule has 0 spiro atoms. The van der Waals surface area contributed by atoms with Crippen LogP contribution in [-0.4, -0.2) is 18.5 Å². The van der Waals surface area contributed by atoms with Crippen LogP contribution in [0, 0.1) is 0 Å². The number of hydrogen-bond acceptors (Lipinski definition) is 3. The van der Waals surface area contributed by atoms with Gasteiger partial charge in [0.2, 0.25) is 5.91 Å². The number of nitrogens with one attached hydrogen (secondary N) is 2. The Hall–Kier alpha value is -1.36. The van der Waals surface area contributed by atoms with Gasteiger partial charge in [0.25, 0.3) is 0 Å². The second-order valence-corrected chi connectivity index (χ2v) is 7.81. The lowest BCUT2D eigenvalue weighted by Gasteiger charge is -2.20. The quantitative estimate of drug-likeness (QED) is 0.768. The van der Waals surface area contributed by atoms with E-state index in [0.29, 0.717) is 18.4 Å². The number of amides is 1. The van der Waals surface area contributed by atoms with Crippen LogP contribution in [0.3, 0.4) is 0 Å². The van der Waals surface area contributed by atoms with Gasteiger partial charge in [0.15, 0.2) is 0 Å². The molecule has 0 aliphatic carbocycles. The van der Waals surface area contributed by atoms with Crippen molar-refractivity contribution in [3.05, 3.63) is 57.8 Å². The van der Waals surface area contributed by atoms with Crippen LogP contribution in [0.2, 0.25) is 0 Å². The van der Waals surface area contributed by atoms with Crippen LogP contribution >= 0.6 is 23.7 Å². The van der Waals surface area contributed by atoms with E-state index in [4.69, 9.17) is 0 Å². The molecule has 5 heteroatoms. The number of carbonyl (C=O) groups excluding carboxylic acids is 1. The molecule has 1 fully saturated rings. The Morgan fingerprint density at radius 1 is 1.24 bits per heavy atom. The van der Waals surface area contributed by atoms with Gasteiger partial charge in [0.05, 0.1) is 6.04 Å². The summed E-state index contributed by atoms with van der Waals surface area (Å²) in [5.74, 6) is 0.642. The lowest BCUT2D eigenvalue weighted by atomic mass is 9.98. The van der Waals surface area contributed by atoms with Gasteiger partial charge in [-0.1, -0.05) is 44.2 Å². The fourth-order valence-corrected chi connectivity index (χ4v) is 4.02. The highest BCUT2D eigenvalue weighted by Gasteiger charge is 2.22. The lowest BCUT2D eigenvalue weighted by molar-refractivity contribution is -0.122. The van der Waals surface area contributed by atoms with Crippen molar-refractivity contribution < 1.29 is 4.79 Å². The van der Waals surface area contributed by atoms with Crippen LogP contribution in [0.5, 0.6) is 0 Å². The highest BCUT2D eigenvalue weighted by Crippen LogP contribution is 2.27. The SMILES string of the molecule is CC(C)c1ccc(C(NC(=O)CC2CCCN2)c2cccs2)cc1.Cl. The van der Waals surface area contributed by atoms with Crippen LogP contribution in [0.1, 0.15) is 61.1 Å². The molecule has 2 heterocycles. The molecule has 1 aromatic carbocycles. The molecule has 1 saturated heterocycles. The van der Waals surface area contributed by atoms with Gasteiger partial charge in [-0.15, -0.1) is 23.7 Å². The minimum atomic E-state index is -0.0554. The summed E-state index contributed by atoms with van der Waals surface area (Å²) >= 11 is 1.69. The zero-order chi connectivity index (χ0) is 16.9.